The summed E-state index contributed by atoms with van der Waals surface area (Å²) in [6, 6.07) is 15.1. The minimum Gasteiger partial charge on any atom is -0.451 e. The lowest BCUT2D eigenvalue weighted by Crippen LogP contribution is -2.19. The molecule has 0 saturated carbocycles. The van der Waals surface area contributed by atoms with Gasteiger partial charge in [-0.15, -0.1) is 0 Å². The Morgan fingerprint density at radius 2 is 2.08 bits per heavy atom. The summed E-state index contributed by atoms with van der Waals surface area (Å²) in [5, 5.41) is 6.88. The van der Waals surface area contributed by atoms with E-state index < -0.39 is 0 Å². The summed E-state index contributed by atoms with van der Waals surface area (Å²) in [4.78, 5) is 24.4. The molecule has 7 heteroatoms. The van der Waals surface area contributed by atoms with Crippen molar-refractivity contribution in [2.24, 2.45) is 4.99 Å². The Morgan fingerprint density at radius 1 is 1.15 bits per heavy atom. The quantitative estimate of drug-likeness (QED) is 0.532. The van der Waals surface area contributed by atoms with Crippen LogP contribution >= 0.6 is 0 Å². The molecule has 0 bridgehead atoms. The number of benzene rings is 2. The zero-order valence-corrected chi connectivity index (χ0v) is 13.7. The highest BCUT2D eigenvalue weighted by Crippen LogP contribution is 2.21. The number of aromatic amines is 1. The fourth-order valence-corrected chi connectivity index (χ4v) is 3.07. The van der Waals surface area contributed by atoms with Crippen molar-refractivity contribution in [3.63, 3.8) is 0 Å². The van der Waals surface area contributed by atoms with Crippen LogP contribution in [0.3, 0.4) is 0 Å². The maximum absolute atomic E-state index is 12.4. The van der Waals surface area contributed by atoms with E-state index in [2.05, 4.69) is 25.6 Å². The van der Waals surface area contributed by atoms with Crippen molar-refractivity contribution in [3.05, 3.63) is 59.9 Å². The van der Waals surface area contributed by atoms with Gasteiger partial charge in [-0.05, 0) is 30.3 Å². The van der Waals surface area contributed by atoms with Crippen molar-refractivity contribution in [1.82, 2.24) is 15.3 Å². The highest BCUT2D eigenvalue weighted by atomic mass is 16.3. The highest BCUT2D eigenvalue weighted by Gasteiger charge is 2.15. The van der Waals surface area contributed by atoms with Gasteiger partial charge in [0.25, 0.3) is 5.91 Å². The number of aromatic nitrogens is 2. The molecule has 0 radical (unpaired) electrons. The number of nitrogens with zero attached hydrogens (tertiary/aromatic N) is 2. The molecule has 0 spiro atoms. The zero-order valence-electron chi connectivity index (χ0n) is 13.7. The number of furan rings is 1. The van der Waals surface area contributed by atoms with Crippen LogP contribution in [0.4, 0.5) is 5.95 Å². The summed E-state index contributed by atoms with van der Waals surface area (Å²) in [7, 11) is 0. The fourth-order valence-electron chi connectivity index (χ4n) is 3.07. The topological polar surface area (TPSA) is 95.3 Å². The lowest BCUT2D eigenvalue weighted by Gasteiger charge is -2.01. The Hall–Kier alpha value is -3.61. The van der Waals surface area contributed by atoms with Crippen molar-refractivity contribution in [2.75, 3.05) is 18.4 Å². The van der Waals surface area contributed by atoms with E-state index >= 15 is 0 Å². The van der Waals surface area contributed by atoms with Crippen LogP contribution in [0.15, 0.2) is 57.9 Å². The number of carbonyl (C=O) groups is 1. The maximum Gasteiger partial charge on any atom is 0.293 e. The van der Waals surface area contributed by atoms with Gasteiger partial charge in [0.15, 0.2) is 5.76 Å². The van der Waals surface area contributed by atoms with Gasteiger partial charge < -0.3 is 14.7 Å². The van der Waals surface area contributed by atoms with Crippen LogP contribution in [0.2, 0.25) is 0 Å². The lowest BCUT2D eigenvalue weighted by molar-refractivity contribution is 0.0998. The van der Waals surface area contributed by atoms with Crippen molar-refractivity contribution in [1.29, 1.82) is 0 Å². The van der Waals surface area contributed by atoms with Crippen LogP contribution in [0.5, 0.6) is 0 Å². The van der Waals surface area contributed by atoms with Crippen molar-refractivity contribution in [2.45, 2.75) is 0 Å². The molecular formula is C19H15N5O2. The monoisotopic (exact) mass is 345 g/mol. The minimum atomic E-state index is -0.345. The van der Waals surface area contributed by atoms with Crippen LogP contribution in [0.1, 0.15) is 16.1 Å². The van der Waals surface area contributed by atoms with Gasteiger partial charge in [-0.1, -0.05) is 18.2 Å². The molecule has 0 aliphatic carbocycles. The molecule has 0 fully saturated rings. The third-order valence-corrected chi connectivity index (χ3v) is 4.31. The SMILES string of the molecule is O=C(Nc1nc2ccc(C3=NCCN3)cc2[nH]1)c1cc2ccccc2o1. The standard InChI is InChI=1S/C19H15N5O2/c25-18(16-10-11-3-1-2-4-15(11)26-16)24-19-22-13-6-5-12(9-14(13)23-19)17-20-7-8-21-17/h1-6,9-10H,7-8H2,(H,20,21)(H2,22,23,24,25). The number of rotatable bonds is 3. The van der Waals surface area contributed by atoms with Gasteiger partial charge in [0.05, 0.1) is 17.6 Å². The average molecular weight is 345 g/mol. The van der Waals surface area contributed by atoms with E-state index in [0.717, 1.165) is 40.9 Å². The second kappa shape index (κ2) is 5.73. The third-order valence-electron chi connectivity index (χ3n) is 4.31. The predicted molar refractivity (Wildman–Crippen MR) is 99.7 cm³/mol. The van der Waals surface area contributed by atoms with Gasteiger partial charge in [-0.3, -0.25) is 15.1 Å². The van der Waals surface area contributed by atoms with E-state index in [1.54, 1.807) is 6.07 Å². The normalized spacial score (nSPS) is 13.8. The molecular weight excluding hydrogens is 330 g/mol. The molecule has 1 amide bonds. The highest BCUT2D eigenvalue weighted by molar-refractivity contribution is 6.05. The summed E-state index contributed by atoms with van der Waals surface area (Å²) in [6.45, 7) is 1.64. The van der Waals surface area contributed by atoms with Crippen LogP contribution < -0.4 is 10.6 Å². The fraction of sp³-hybridized carbons (Fsp3) is 0.105. The molecule has 5 rings (SSSR count). The van der Waals surface area contributed by atoms with E-state index in [1.807, 2.05) is 42.5 Å². The first-order chi connectivity index (χ1) is 12.8. The van der Waals surface area contributed by atoms with E-state index in [1.165, 1.54) is 0 Å². The molecule has 1 aliphatic rings. The van der Waals surface area contributed by atoms with Crippen molar-refractivity contribution >= 4 is 39.7 Å². The summed E-state index contributed by atoms with van der Waals surface area (Å²) in [5.41, 5.74) is 3.27. The third kappa shape index (κ3) is 2.50. The number of imidazole rings is 1. The van der Waals surface area contributed by atoms with Gasteiger partial charge >= 0.3 is 0 Å². The molecule has 7 nitrogen and oxygen atoms in total. The summed E-state index contributed by atoms with van der Waals surface area (Å²) in [5.74, 6) is 1.16. The Balaban J connectivity index is 1.42. The first-order valence-electron chi connectivity index (χ1n) is 8.35. The Kier molecular flexibility index (Phi) is 3.24. The molecule has 3 N–H and O–H groups in total. The number of anilines is 1. The second-order valence-corrected chi connectivity index (χ2v) is 6.08. The smallest absolute Gasteiger partial charge is 0.293 e. The van der Waals surface area contributed by atoms with Crippen molar-refractivity contribution in [3.8, 4) is 0 Å². The van der Waals surface area contributed by atoms with E-state index in [0.29, 0.717) is 11.5 Å². The molecule has 0 saturated heterocycles. The van der Waals surface area contributed by atoms with Crippen LogP contribution in [0, 0.1) is 0 Å². The van der Waals surface area contributed by atoms with Gasteiger partial charge in [-0.25, -0.2) is 4.98 Å². The summed E-state index contributed by atoms with van der Waals surface area (Å²) in [6.07, 6.45) is 0. The van der Waals surface area contributed by atoms with Crippen LogP contribution in [0.25, 0.3) is 22.0 Å². The van der Waals surface area contributed by atoms with Crippen LogP contribution in [-0.2, 0) is 0 Å². The number of H-pyrrole nitrogens is 1. The molecule has 26 heavy (non-hydrogen) atoms. The average Bonchev–Trinajstić information content (AvgIpc) is 3.38. The van der Waals surface area contributed by atoms with E-state index in [9.17, 15) is 4.79 Å². The predicted octanol–water partition coefficient (Wildman–Crippen LogP) is 2.91. The van der Waals surface area contributed by atoms with Gasteiger partial charge in [0.1, 0.15) is 11.4 Å². The number of fused-ring (bicyclic) bond motifs is 2. The summed E-state index contributed by atoms with van der Waals surface area (Å²) >= 11 is 0. The molecule has 0 atom stereocenters. The number of hydrogen-bond donors (Lipinski definition) is 3. The Morgan fingerprint density at radius 3 is 2.92 bits per heavy atom. The number of amidine groups is 1. The van der Waals surface area contributed by atoms with E-state index in [4.69, 9.17) is 4.42 Å². The minimum absolute atomic E-state index is 0.247. The molecule has 3 heterocycles. The second-order valence-electron chi connectivity index (χ2n) is 6.08. The number of carbonyl (C=O) groups excluding carboxylic acids is 1. The summed E-state index contributed by atoms with van der Waals surface area (Å²) < 4.78 is 5.59. The first kappa shape index (κ1) is 14.7. The molecule has 2 aromatic heterocycles. The number of nitrogens with one attached hydrogen (secondary N) is 3. The largest absolute Gasteiger partial charge is 0.451 e. The number of aliphatic imine (C=N–C) groups is 1. The van der Waals surface area contributed by atoms with E-state index in [-0.39, 0.29) is 11.7 Å². The number of para-hydroxylation sites is 1. The molecule has 1 aliphatic heterocycles. The molecule has 0 unspecified atom stereocenters. The maximum atomic E-state index is 12.4. The molecule has 4 aromatic rings. The van der Waals surface area contributed by atoms with Gasteiger partial charge in [0, 0.05) is 17.5 Å². The number of amides is 1. The van der Waals surface area contributed by atoms with Crippen LogP contribution in [-0.4, -0.2) is 34.8 Å². The van der Waals surface area contributed by atoms with Gasteiger partial charge in [-0.2, -0.15) is 0 Å². The zero-order chi connectivity index (χ0) is 17.5. The first-order valence-corrected chi connectivity index (χ1v) is 8.35. The molecule has 128 valence electrons. The van der Waals surface area contributed by atoms with Crippen molar-refractivity contribution < 1.29 is 9.21 Å². The lowest BCUT2D eigenvalue weighted by atomic mass is 10.2. The molecule has 2 aromatic carbocycles. The Bertz CT molecular complexity index is 1140. The Labute approximate surface area is 148 Å². The number of hydrogen-bond acceptors (Lipinski definition) is 5. The van der Waals surface area contributed by atoms with Gasteiger partial charge in [0.2, 0.25) is 5.95 Å².